The van der Waals surface area contributed by atoms with Gasteiger partial charge in [0.1, 0.15) is 0 Å². The minimum atomic E-state index is 1.32. The Morgan fingerprint density at radius 3 is 2.09 bits per heavy atom. The number of hydrogen-bond acceptors (Lipinski definition) is 0. The normalized spacial score (nSPS) is 14.1. The molecule has 1 aliphatic rings. The van der Waals surface area contributed by atoms with E-state index >= 15 is 0 Å². The Morgan fingerprint density at radius 2 is 1.64 bits per heavy atom. The van der Waals surface area contributed by atoms with Gasteiger partial charge in [0.25, 0.3) is 0 Å². The highest BCUT2D eigenvalue weighted by molar-refractivity contribution is 5.80. The predicted molar refractivity (Wildman–Crippen MR) is 48.3 cm³/mol. The van der Waals surface area contributed by atoms with Gasteiger partial charge in [0.15, 0.2) is 0 Å². The zero-order chi connectivity index (χ0) is 7.68. The molecule has 0 saturated heterocycles. The van der Waals surface area contributed by atoms with Crippen molar-refractivity contribution in [2.45, 2.75) is 6.92 Å². The van der Waals surface area contributed by atoms with Crippen molar-refractivity contribution in [3.05, 3.63) is 53.6 Å². The molecule has 0 bridgehead atoms. The lowest BCUT2D eigenvalue weighted by molar-refractivity contribution is 1.45. The van der Waals surface area contributed by atoms with Crippen molar-refractivity contribution in [3.63, 3.8) is 0 Å². The highest BCUT2D eigenvalue weighted by Crippen LogP contribution is 2.21. The Hall–Kier alpha value is -1.30. The molecule has 0 fully saturated rings. The van der Waals surface area contributed by atoms with Crippen LogP contribution in [0.4, 0.5) is 0 Å². The molecule has 0 unspecified atom stereocenters. The van der Waals surface area contributed by atoms with E-state index in [0.717, 1.165) is 0 Å². The van der Waals surface area contributed by atoms with Gasteiger partial charge in [-0.15, -0.1) is 0 Å². The fourth-order valence-corrected chi connectivity index (χ4v) is 1.13. The lowest BCUT2D eigenvalue weighted by atomic mass is 9.99. The highest BCUT2D eigenvalue weighted by Gasteiger charge is 1.99. The molecule has 0 amide bonds. The first-order valence-electron chi connectivity index (χ1n) is 3.82. The standard InChI is InChI=1S/C11H10/c1-9-5-7-11(8-6-9)10-3-2-4-10/h2-8H,1H3. The van der Waals surface area contributed by atoms with E-state index in [-0.39, 0.29) is 0 Å². The van der Waals surface area contributed by atoms with Crippen LogP contribution in [0.3, 0.4) is 0 Å². The summed E-state index contributed by atoms with van der Waals surface area (Å²) < 4.78 is 0. The molecule has 0 radical (unpaired) electrons. The molecule has 1 aromatic rings. The molecular weight excluding hydrogens is 132 g/mol. The summed E-state index contributed by atoms with van der Waals surface area (Å²) in [4.78, 5) is 0. The van der Waals surface area contributed by atoms with Crippen LogP contribution in [0.1, 0.15) is 11.1 Å². The molecule has 0 heterocycles. The largest absolute Gasteiger partial charge is 0.0610 e. The van der Waals surface area contributed by atoms with E-state index in [0.29, 0.717) is 0 Å². The van der Waals surface area contributed by atoms with Crippen LogP contribution in [-0.4, -0.2) is 0 Å². The average molecular weight is 142 g/mol. The van der Waals surface area contributed by atoms with Crippen LogP contribution in [0, 0.1) is 6.92 Å². The molecule has 1 aromatic carbocycles. The fraction of sp³-hybridized carbons (Fsp3) is 0.0909. The number of aryl methyl sites for hydroxylation is 1. The first-order valence-corrected chi connectivity index (χ1v) is 3.82. The number of hydrogen-bond donors (Lipinski definition) is 0. The van der Waals surface area contributed by atoms with Crippen molar-refractivity contribution in [3.8, 4) is 0 Å². The molecule has 0 heteroatoms. The zero-order valence-electron chi connectivity index (χ0n) is 6.54. The molecule has 11 heavy (non-hydrogen) atoms. The third-order valence-corrected chi connectivity index (χ3v) is 1.94. The minimum absolute atomic E-state index is 1.32. The molecule has 0 atom stereocenters. The van der Waals surface area contributed by atoms with Crippen molar-refractivity contribution in [2.24, 2.45) is 0 Å². The topological polar surface area (TPSA) is 0 Å². The van der Waals surface area contributed by atoms with Gasteiger partial charge in [0, 0.05) is 0 Å². The molecule has 0 N–H and O–H groups in total. The van der Waals surface area contributed by atoms with Gasteiger partial charge in [0.2, 0.25) is 0 Å². The van der Waals surface area contributed by atoms with Crippen LogP contribution in [-0.2, 0) is 0 Å². The summed E-state index contributed by atoms with van der Waals surface area (Å²) in [5.41, 5.74) is 3.97. The molecular formula is C11H10. The Bertz CT molecular complexity index is 312. The van der Waals surface area contributed by atoms with Gasteiger partial charge in [-0.25, -0.2) is 0 Å². The first kappa shape index (κ1) is 6.41. The van der Waals surface area contributed by atoms with Crippen LogP contribution in [0.15, 0.2) is 42.5 Å². The second-order valence-electron chi connectivity index (χ2n) is 2.85. The lowest BCUT2D eigenvalue weighted by Gasteiger charge is -2.06. The second kappa shape index (κ2) is 2.39. The number of allylic oxidation sites excluding steroid dienone is 4. The van der Waals surface area contributed by atoms with Crippen molar-refractivity contribution < 1.29 is 0 Å². The third-order valence-electron chi connectivity index (χ3n) is 1.94. The van der Waals surface area contributed by atoms with Gasteiger partial charge in [0.05, 0.1) is 0 Å². The van der Waals surface area contributed by atoms with E-state index in [1.807, 2.05) is 0 Å². The van der Waals surface area contributed by atoms with Crippen LogP contribution in [0.5, 0.6) is 0 Å². The highest BCUT2D eigenvalue weighted by atomic mass is 14.0. The Labute approximate surface area is 66.9 Å². The summed E-state index contributed by atoms with van der Waals surface area (Å²) in [5, 5.41) is 0. The SMILES string of the molecule is Cc1ccc(C2=CC=C2)cc1. The zero-order valence-corrected chi connectivity index (χ0v) is 6.54. The Kier molecular flexibility index (Phi) is 1.39. The van der Waals surface area contributed by atoms with E-state index in [2.05, 4.69) is 49.4 Å². The van der Waals surface area contributed by atoms with Gasteiger partial charge < -0.3 is 0 Å². The summed E-state index contributed by atoms with van der Waals surface area (Å²) in [5.74, 6) is 0. The summed E-state index contributed by atoms with van der Waals surface area (Å²) in [7, 11) is 0. The van der Waals surface area contributed by atoms with Crippen LogP contribution in [0.25, 0.3) is 5.57 Å². The smallest absolute Gasteiger partial charge is 0.0184 e. The predicted octanol–water partition coefficient (Wildman–Crippen LogP) is 2.95. The van der Waals surface area contributed by atoms with Crippen LogP contribution < -0.4 is 0 Å². The second-order valence-corrected chi connectivity index (χ2v) is 2.85. The van der Waals surface area contributed by atoms with Gasteiger partial charge in [-0.2, -0.15) is 0 Å². The van der Waals surface area contributed by atoms with Crippen molar-refractivity contribution in [1.82, 2.24) is 0 Å². The molecule has 0 aliphatic heterocycles. The molecule has 1 aliphatic carbocycles. The van der Waals surface area contributed by atoms with E-state index in [9.17, 15) is 0 Å². The van der Waals surface area contributed by atoms with Crippen molar-refractivity contribution >= 4 is 5.57 Å². The molecule has 0 spiro atoms. The maximum Gasteiger partial charge on any atom is -0.0184 e. The average Bonchev–Trinajstić information content (AvgIpc) is 1.90. The molecule has 2 rings (SSSR count). The van der Waals surface area contributed by atoms with Gasteiger partial charge in [-0.3, -0.25) is 0 Å². The maximum atomic E-state index is 2.16. The van der Waals surface area contributed by atoms with Crippen molar-refractivity contribution in [1.29, 1.82) is 0 Å². The first-order chi connectivity index (χ1) is 5.36. The van der Waals surface area contributed by atoms with Crippen LogP contribution >= 0.6 is 0 Å². The Balaban J connectivity index is 2.33. The minimum Gasteiger partial charge on any atom is -0.0610 e. The van der Waals surface area contributed by atoms with Gasteiger partial charge in [-0.1, -0.05) is 48.1 Å². The molecule has 0 nitrogen and oxygen atoms in total. The molecule has 0 saturated carbocycles. The van der Waals surface area contributed by atoms with E-state index in [1.54, 1.807) is 0 Å². The third kappa shape index (κ3) is 1.12. The quantitative estimate of drug-likeness (QED) is 0.565. The lowest BCUT2D eigenvalue weighted by Crippen LogP contribution is -1.85. The summed E-state index contributed by atoms with van der Waals surface area (Å²) >= 11 is 0. The fourth-order valence-electron chi connectivity index (χ4n) is 1.13. The number of benzene rings is 1. The molecule has 0 aromatic heterocycles. The van der Waals surface area contributed by atoms with E-state index in [1.165, 1.54) is 16.7 Å². The Morgan fingerprint density at radius 1 is 1.00 bits per heavy atom. The summed E-state index contributed by atoms with van der Waals surface area (Å²) in [6, 6.07) is 8.60. The van der Waals surface area contributed by atoms with Crippen molar-refractivity contribution in [2.75, 3.05) is 0 Å². The van der Waals surface area contributed by atoms with E-state index in [4.69, 9.17) is 0 Å². The molecule has 54 valence electrons. The monoisotopic (exact) mass is 142 g/mol. The summed E-state index contributed by atoms with van der Waals surface area (Å²) in [6.45, 7) is 2.11. The van der Waals surface area contributed by atoms with Crippen LogP contribution in [0.2, 0.25) is 0 Å². The van der Waals surface area contributed by atoms with E-state index < -0.39 is 0 Å². The van der Waals surface area contributed by atoms with Gasteiger partial charge >= 0.3 is 0 Å². The summed E-state index contributed by atoms with van der Waals surface area (Å²) in [6.07, 6.45) is 6.32. The maximum absolute atomic E-state index is 2.16. The van der Waals surface area contributed by atoms with Gasteiger partial charge in [-0.05, 0) is 18.1 Å². The number of rotatable bonds is 1.